The Morgan fingerprint density at radius 2 is 2.00 bits per heavy atom. The van der Waals surface area contributed by atoms with Crippen LogP contribution >= 0.6 is 0 Å². The predicted molar refractivity (Wildman–Crippen MR) is 89.4 cm³/mol. The lowest BCUT2D eigenvalue weighted by Gasteiger charge is -2.40. The first-order valence-electron chi connectivity index (χ1n) is 9.02. The largest absolute Gasteiger partial charge is 0.487 e. The summed E-state index contributed by atoms with van der Waals surface area (Å²) in [6.07, 6.45) is 8.19. The molecule has 4 nitrogen and oxygen atoms in total. The number of nitrogens with one attached hydrogen (secondary N) is 2. The van der Waals surface area contributed by atoms with Gasteiger partial charge in [-0.2, -0.15) is 0 Å². The monoisotopic (exact) mass is 314 g/mol. The Morgan fingerprint density at radius 1 is 1.22 bits per heavy atom. The van der Waals surface area contributed by atoms with Crippen molar-refractivity contribution in [2.45, 2.75) is 56.6 Å². The zero-order valence-electron chi connectivity index (χ0n) is 13.6. The first-order valence-corrected chi connectivity index (χ1v) is 9.02. The molecule has 0 aromatic heterocycles. The van der Waals surface area contributed by atoms with Crippen LogP contribution in [0.15, 0.2) is 24.3 Å². The number of carbonyl (C=O) groups excluding carboxylic acids is 1. The first-order chi connectivity index (χ1) is 11.2. The Kier molecular flexibility index (Phi) is 4.02. The van der Waals surface area contributed by atoms with Gasteiger partial charge in [0.25, 0.3) is 0 Å². The maximum absolute atomic E-state index is 12.3. The maximum atomic E-state index is 12.3. The highest BCUT2D eigenvalue weighted by Gasteiger charge is 2.43. The van der Waals surface area contributed by atoms with Crippen molar-refractivity contribution in [1.82, 2.24) is 10.6 Å². The SMILES string of the molecule is O=C(CNCC1CC1)NC1CC2(CCCC2)Oc2ccccc21. The van der Waals surface area contributed by atoms with Gasteiger partial charge in [-0.05, 0) is 57.1 Å². The Balaban J connectivity index is 1.43. The van der Waals surface area contributed by atoms with Crippen LogP contribution in [0, 0.1) is 5.92 Å². The fourth-order valence-electron chi connectivity index (χ4n) is 4.03. The van der Waals surface area contributed by atoms with Gasteiger partial charge in [0.05, 0.1) is 12.6 Å². The second-order valence-electron chi connectivity index (χ2n) is 7.43. The van der Waals surface area contributed by atoms with Crippen molar-refractivity contribution >= 4 is 5.91 Å². The minimum absolute atomic E-state index is 0.0618. The van der Waals surface area contributed by atoms with Crippen LogP contribution in [0.25, 0.3) is 0 Å². The Bertz CT molecular complexity index is 576. The van der Waals surface area contributed by atoms with Crippen molar-refractivity contribution in [2.24, 2.45) is 5.92 Å². The molecule has 0 radical (unpaired) electrons. The molecule has 4 rings (SSSR count). The second kappa shape index (κ2) is 6.16. The fourth-order valence-corrected chi connectivity index (χ4v) is 4.03. The van der Waals surface area contributed by atoms with Gasteiger partial charge in [-0.3, -0.25) is 4.79 Å². The number of ether oxygens (including phenoxy) is 1. The van der Waals surface area contributed by atoms with Gasteiger partial charge in [0.15, 0.2) is 0 Å². The quantitative estimate of drug-likeness (QED) is 0.878. The van der Waals surface area contributed by atoms with Gasteiger partial charge in [-0.25, -0.2) is 0 Å². The summed E-state index contributed by atoms with van der Waals surface area (Å²) in [7, 11) is 0. The molecule has 124 valence electrons. The number of rotatable bonds is 5. The molecule has 0 bridgehead atoms. The van der Waals surface area contributed by atoms with E-state index in [4.69, 9.17) is 4.74 Å². The van der Waals surface area contributed by atoms with Gasteiger partial charge in [0.2, 0.25) is 5.91 Å². The number of para-hydroxylation sites is 1. The molecule has 2 saturated carbocycles. The molecule has 23 heavy (non-hydrogen) atoms. The molecule has 4 heteroatoms. The van der Waals surface area contributed by atoms with Gasteiger partial charge in [0, 0.05) is 12.0 Å². The zero-order chi connectivity index (χ0) is 15.7. The molecular formula is C19H26N2O2. The third-order valence-corrected chi connectivity index (χ3v) is 5.46. The summed E-state index contributed by atoms with van der Waals surface area (Å²) >= 11 is 0. The molecule has 2 fully saturated rings. The van der Waals surface area contributed by atoms with E-state index in [0.29, 0.717) is 6.54 Å². The molecule has 3 aliphatic rings. The summed E-state index contributed by atoms with van der Waals surface area (Å²) in [5, 5.41) is 6.52. The van der Waals surface area contributed by atoms with Crippen LogP contribution in [-0.2, 0) is 4.79 Å². The Morgan fingerprint density at radius 3 is 2.78 bits per heavy atom. The molecule has 0 saturated heterocycles. The lowest BCUT2D eigenvalue weighted by Crippen LogP contribution is -2.45. The highest BCUT2D eigenvalue weighted by atomic mass is 16.5. The molecule has 1 amide bonds. The Labute approximate surface area is 138 Å². The van der Waals surface area contributed by atoms with E-state index in [-0.39, 0.29) is 17.6 Å². The normalized spacial score (nSPS) is 25.0. The van der Waals surface area contributed by atoms with Crippen LogP contribution in [0.1, 0.15) is 56.6 Å². The number of fused-ring (bicyclic) bond motifs is 1. The van der Waals surface area contributed by atoms with E-state index < -0.39 is 0 Å². The molecule has 1 aromatic carbocycles. The maximum Gasteiger partial charge on any atom is 0.234 e. The smallest absolute Gasteiger partial charge is 0.234 e. The van der Waals surface area contributed by atoms with Crippen LogP contribution in [0.3, 0.4) is 0 Å². The number of amides is 1. The Hall–Kier alpha value is -1.55. The van der Waals surface area contributed by atoms with E-state index in [0.717, 1.165) is 43.0 Å². The molecule has 2 aliphatic carbocycles. The summed E-state index contributed by atoms with van der Waals surface area (Å²) in [5.74, 6) is 1.85. The minimum atomic E-state index is -0.0618. The van der Waals surface area contributed by atoms with Gasteiger partial charge in [0.1, 0.15) is 11.4 Å². The van der Waals surface area contributed by atoms with Gasteiger partial charge < -0.3 is 15.4 Å². The molecule has 2 N–H and O–H groups in total. The molecule has 1 atom stereocenters. The number of hydrogen-bond donors (Lipinski definition) is 2. The fraction of sp³-hybridized carbons (Fsp3) is 0.632. The van der Waals surface area contributed by atoms with Gasteiger partial charge in [-0.1, -0.05) is 18.2 Å². The first kappa shape index (κ1) is 15.0. The van der Waals surface area contributed by atoms with E-state index >= 15 is 0 Å². The molecule has 1 heterocycles. The van der Waals surface area contributed by atoms with Crippen molar-refractivity contribution in [2.75, 3.05) is 13.1 Å². The number of carbonyl (C=O) groups is 1. The van der Waals surface area contributed by atoms with Crippen LogP contribution in [0.5, 0.6) is 5.75 Å². The summed E-state index contributed by atoms with van der Waals surface area (Å²) in [5.41, 5.74) is 1.06. The summed E-state index contributed by atoms with van der Waals surface area (Å²) in [4.78, 5) is 12.3. The third kappa shape index (κ3) is 3.37. The lowest BCUT2D eigenvalue weighted by atomic mass is 9.86. The van der Waals surface area contributed by atoms with E-state index in [9.17, 15) is 4.79 Å². The molecular weight excluding hydrogens is 288 g/mol. The average Bonchev–Trinajstić information content (AvgIpc) is 3.27. The predicted octanol–water partition coefficient (Wildman–Crippen LogP) is 2.94. The molecule has 1 unspecified atom stereocenters. The second-order valence-corrected chi connectivity index (χ2v) is 7.43. The zero-order valence-corrected chi connectivity index (χ0v) is 13.6. The van der Waals surface area contributed by atoms with E-state index in [2.05, 4.69) is 16.7 Å². The van der Waals surface area contributed by atoms with E-state index in [1.807, 2.05) is 18.2 Å². The highest BCUT2D eigenvalue weighted by molar-refractivity contribution is 5.78. The topological polar surface area (TPSA) is 50.4 Å². The van der Waals surface area contributed by atoms with Crippen molar-refractivity contribution < 1.29 is 9.53 Å². The van der Waals surface area contributed by atoms with Gasteiger partial charge in [-0.15, -0.1) is 0 Å². The molecule has 1 spiro atoms. The van der Waals surface area contributed by atoms with Crippen LogP contribution < -0.4 is 15.4 Å². The molecule has 1 aromatic rings. The lowest BCUT2D eigenvalue weighted by molar-refractivity contribution is -0.121. The van der Waals surface area contributed by atoms with E-state index in [1.165, 1.54) is 25.7 Å². The number of benzene rings is 1. The average molecular weight is 314 g/mol. The standard InChI is InChI=1S/C19H26N2O2/c22-18(13-20-12-14-7-8-14)21-16-11-19(9-3-4-10-19)23-17-6-2-1-5-15(16)17/h1-2,5-6,14,16,20H,3-4,7-13H2,(H,21,22). The number of hydrogen-bond acceptors (Lipinski definition) is 3. The van der Waals surface area contributed by atoms with Crippen molar-refractivity contribution in [1.29, 1.82) is 0 Å². The van der Waals surface area contributed by atoms with Crippen LogP contribution in [0.2, 0.25) is 0 Å². The van der Waals surface area contributed by atoms with Crippen LogP contribution in [-0.4, -0.2) is 24.6 Å². The summed E-state index contributed by atoms with van der Waals surface area (Å²) < 4.78 is 6.35. The van der Waals surface area contributed by atoms with Crippen LogP contribution in [0.4, 0.5) is 0 Å². The summed E-state index contributed by atoms with van der Waals surface area (Å²) in [6, 6.07) is 8.24. The van der Waals surface area contributed by atoms with Gasteiger partial charge >= 0.3 is 0 Å². The minimum Gasteiger partial charge on any atom is -0.487 e. The highest BCUT2D eigenvalue weighted by Crippen LogP contribution is 2.46. The third-order valence-electron chi connectivity index (χ3n) is 5.46. The van der Waals surface area contributed by atoms with Crippen molar-refractivity contribution in [3.63, 3.8) is 0 Å². The molecule has 1 aliphatic heterocycles. The van der Waals surface area contributed by atoms with E-state index in [1.54, 1.807) is 0 Å². The van der Waals surface area contributed by atoms with Crippen molar-refractivity contribution in [3.05, 3.63) is 29.8 Å². The van der Waals surface area contributed by atoms with Crippen molar-refractivity contribution in [3.8, 4) is 5.75 Å². The summed E-state index contributed by atoms with van der Waals surface area (Å²) in [6.45, 7) is 1.39.